The Morgan fingerprint density at radius 3 is 2.12 bits per heavy atom. The molecule has 0 unspecified atom stereocenters. The van der Waals surface area contributed by atoms with Gasteiger partial charge in [0, 0.05) is 6.54 Å². The zero-order chi connectivity index (χ0) is 24.3. The quantitative estimate of drug-likeness (QED) is 0.138. The van der Waals surface area contributed by atoms with E-state index in [1.807, 2.05) is 0 Å². The maximum atomic E-state index is 12.6. The number of rotatable bonds is 12. The van der Waals surface area contributed by atoms with Crippen molar-refractivity contribution in [2.75, 3.05) is 39.4 Å². The Balaban J connectivity index is 2.70. The smallest absolute Gasteiger partial charge is 0.245 e. The number of carbonyl (C=O) groups excluding carboxylic acids is 6. The van der Waals surface area contributed by atoms with Crippen molar-refractivity contribution in [2.45, 2.75) is 31.0 Å². The average molecular weight is 459 g/mol. The second-order valence-corrected chi connectivity index (χ2v) is 6.90. The van der Waals surface area contributed by atoms with Crippen LogP contribution in [0.4, 0.5) is 0 Å². The fourth-order valence-electron chi connectivity index (χ4n) is 2.91. The normalized spacial score (nSPS) is 17.1. The largest absolute Gasteiger partial charge is 0.394 e. The zero-order valence-corrected chi connectivity index (χ0v) is 17.3. The summed E-state index contributed by atoms with van der Waals surface area (Å²) in [6, 6.07) is -3.86. The van der Waals surface area contributed by atoms with Crippen molar-refractivity contribution in [3.63, 3.8) is 0 Å². The number of aliphatic hydroxyl groups is 2. The van der Waals surface area contributed by atoms with Crippen LogP contribution in [0.2, 0.25) is 0 Å². The topological polar surface area (TPSA) is 246 Å². The molecule has 1 saturated heterocycles. The molecule has 3 atom stereocenters. The molecule has 32 heavy (non-hydrogen) atoms. The number of amides is 6. The van der Waals surface area contributed by atoms with E-state index in [9.17, 15) is 39.0 Å². The van der Waals surface area contributed by atoms with Crippen LogP contribution < -0.4 is 32.7 Å². The van der Waals surface area contributed by atoms with Crippen LogP contribution in [0.15, 0.2) is 0 Å². The Labute approximate surface area is 183 Å². The lowest BCUT2D eigenvalue weighted by molar-refractivity contribution is -0.140. The molecule has 1 aliphatic rings. The Kier molecular flexibility index (Phi) is 11.0. The zero-order valence-electron chi connectivity index (χ0n) is 17.3. The van der Waals surface area contributed by atoms with Crippen LogP contribution in [-0.2, 0) is 28.8 Å². The molecule has 0 aromatic heterocycles. The minimum absolute atomic E-state index is 0.262. The van der Waals surface area contributed by atoms with Gasteiger partial charge in [0.25, 0.3) is 0 Å². The summed E-state index contributed by atoms with van der Waals surface area (Å²) in [5, 5.41) is 27.7. The first-order chi connectivity index (χ1) is 15.1. The molecule has 1 aliphatic heterocycles. The van der Waals surface area contributed by atoms with E-state index < -0.39 is 73.3 Å². The maximum absolute atomic E-state index is 12.6. The van der Waals surface area contributed by atoms with Crippen molar-refractivity contribution in [3.05, 3.63) is 0 Å². The summed E-state index contributed by atoms with van der Waals surface area (Å²) in [6.45, 7) is -2.53. The van der Waals surface area contributed by atoms with Crippen molar-refractivity contribution < 1.29 is 39.0 Å². The summed E-state index contributed by atoms with van der Waals surface area (Å²) >= 11 is 0. The Hall–Kier alpha value is -3.30. The molecule has 1 rings (SSSR count). The highest BCUT2D eigenvalue weighted by molar-refractivity contribution is 5.95. The van der Waals surface area contributed by atoms with Crippen molar-refractivity contribution in [1.82, 2.24) is 26.2 Å². The van der Waals surface area contributed by atoms with Gasteiger partial charge in [0.1, 0.15) is 18.1 Å². The first-order valence-corrected chi connectivity index (χ1v) is 9.79. The molecule has 0 bridgehead atoms. The lowest BCUT2D eigenvalue weighted by Crippen LogP contribution is -2.58. The van der Waals surface area contributed by atoms with Crippen LogP contribution in [0.3, 0.4) is 0 Å². The van der Waals surface area contributed by atoms with Gasteiger partial charge in [-0.05, 0) is 12.8 Å². The molecule has 10 N–H and O–H groups in total. The lowest BCUT2D eigenvalue weighted by Gasteiger charge is -2.26. The van der Waals surface area contributed by atoms with Crippen LogP contribution in [-0.4, -0.2) is 108 Å². The van der Waals surface area contributed by atoms with E-state index in [2.05, 4.69) is 21.3 Å². The molecule has 15 nitrogen and oxygen atoms in total. The van der Waals surface area contributed by atoms with Crippen molar-refractivity contribution in [3.8, 4) is 0 Å². The van der Waals surface area contributed by atoms with E-state index in [-0.39, 0.29) is 19.6 Å². The summed E-state index contributed by atoms with van der Waals surface area (Å²) in [6.07, 6.45) is 0.814. The van der Waals surface area contributed by atoms with Crippen molar-refractivity contribution >= 4 is 35.4 Å². The van der Waals surface area contributed by atoms with Gasteiger partial charge in [0.15, 0.2) is 0 Å². The highest BCUT2D eigenvalue weighted by Crippen LogP contribution is 2.17. The van der Waals surface area contributed by atoms with E-state index in [4.69, 9.17) is 11.5 Å². The van der Waals surface area contributed by atoms with Gasteiger partial charge in [-0.1, -0.05) is 0 Å². The van der Waals surface area contributed by atoms with Crippen molar-refractivity contribution in [1.29, 1.82) is 0 Å². The minimum atomic E-state index is -1.48. The third-order valence-electron chi connectivity index (χ3n) is 4.57. The van der Waals surface area contributed by atoms with Gasteiger partial charge in [-0.2, -0.15) is 0 Å². The average Bonchev–Trinajstić information content (AvgIpc) is 3.27. The molecule has 6 amide bonds. The van der Waals surface area contributed by atoms with Crippen molar-refractivity contribution in [2.24, 2.45) is 11.5 Å². The van der Waals surface area contributed by atoms with Crippen LogP contribution in [0.5, 0.6) is 0 Å². The molecule has 180 valence electrons. The Bertz CT molecular complexity index is 732. The molecule has 0 saturated carbocycles. The van der Waals surface area contributed by atoms with Gasteiger partial charge in [0.05, 0.1) is 32.8 Å². The monoisotopic (exact) mass is 459 g/mol. The number of nitrogens with one attached hydrogen (secondary N) is 4. The van der Waals surface area contributed by atoms with E-state index in [0.29, 0.717) is 12.8 Å². The highest BCUT2D eigenvalue weighted by atomic mass is 16.3. The summed E-state index contributed by atoms with van der Waals surface area (Å²) in [7, 11) is 0. The molecule has 1 heterocycles. The van der Waals surface area contributed by atoms with Gasteiger partial charge in [0.2, 0.25) is 35.4 Å². The number of primary amides is 1. The third kappa shape index (κ3) is 8.09. The molecule has 0 spiro atoms. The second kappa shape index (κ2) is 13.2. The maximum Gasteiger partial charge on any atom is 0.245 e. The van der Waals surface area contributed by atoms with Crippen LogP contribution in [0.1, 0.15) is 12.8 Å². The predicted molar refractivity (Wildman–Crippen MR) is 107 cm³/mol. The lowest BCUT2D eigenvalue weighted by atomic mass is 10.1. The molecule has 0 radical (unpaired) electrons. The van der Waals surface area contributed by atoms with Crippen LogP contribution >= 0.6 is 0 Å². The second-order valence-electron chi connectivity index (χ2n) is 6.90. The number of hydrogen-bond acceptors (Lipinski definition) is 9. The number of likely N-dealkylation sites (tertiary alicyclic amines) is 1. The summed E-state index contributed by atoms with van der Waals surface area (Å²) < 4.78 is 0. The van der Waals surface area contributed by atoms with Crippen LogP contribution in [0.25, 0.3) is 0 Å². The molecule has 15 heteroatoms. The predicted octanol–water partition coefficient (Wildman–Crippen LogP) is -6.39. The molecular weight excluding hydrogens is 430 g/mol. The van der Waals surface area contributed by atoms with E-state index in [1.165, 1.54) is 4.90 Å². The third-order valence-corrected chi connectivity index (χ3v) is 4.57. The Morgan fingerprint density at radius 1 is 0.938 bits per heavy atom. The summed E-state index contributed by atoms with van der Waals surface area (Å²) in [5.74, 6) is -4.46. The van der Waals surface area contributed by atoms with Crippen LogP contribution in [0, 0.1) is 0 Å². The first kappa shape index (κ1) is 26.7. The number of nitrogens with two attached hydrogens (primary N) is 2. The first-order valence-electron chi connectivity index (χ1n) is 9.79. The minimum Gasteiger partial charge on any atom is -0.394 e. The fourth-order valence-corrected chi connectivity index (χ4v) is 2.91. The van der Waals surface area contributed by atoms with E-state index >= 15 is 0 Å². The molecule has 1 fully saturated rings. The molecular formula is C17H29N7O8. The highest BCUT2D eigenvalue weighted by Gasteiger charge is 2.36. The van der Waals surface area contributed by atoms with Gasteiger partial charge in [-0.25, -0.2) is 0 Å². The number of nitrogens with zero attached hydrogens (tertiary/aromatic N) is 1. The Morgan fingerprint density at radius 2 is 1.56 bits per heavy atom. The standard InChI is InChI=1S/C17H29N7O8/c18-4-13(28)20-6-14(29)24-3-1-2-11(24)17(32)23-10(8-26)16(31)22-9(7-25)15(30)21-5-12(19)27/h9-11,25-26H,1-8,18H2,(H2,19,27)(H,20,28)(H,21,30)(H,22,31)(H,23,32)/t9-,10-,11-/m0/s1. The molecule has 0 aliphatic carbocycles. The van der Waals surface area contributed by atoms with Gasteiger partial charge < -0.3 is 47.8 Å². The number of aliphatic hydroxyl groups excluding tert-OH is 2. The molecule has 0 aromatic carbocycles. The summed E-state index contributed by atoms with van der Waals surface area (Å²) in [4.78, 5) is 72.3. The fraction of sp³-hybridized carbons (Fsp3) is 0.647. The number of hydrogen-bond donors (Lipinski definition) is 8. The summed E-state index contributed by atoms with van der Waals surface area (Å²) in [5.41, 5.74) is 10.1. The van der Waals surface area contributed by atoms with Gasteiger partial charge >= 0.3 is 0 Å². The van der Waals surface area contributed by atoms with E-state index in [0.717, 1.165) is 0 Å². The van der Waals surface area contributed by atoms with E-state index in [1.54, 1.807) is 0 Å². The molecule has 0 aromatic rings. The SMILES string of the molecule is NCC(=O)NCC(=O)N1CCC[C@H]1C(=O)N[C@@H](CO)C(=O)N[C@@H](CO)C(=O)NCC(N)=O. The van der Waals surface area contributed by atoms with Gasteiger partial charge in [-0.3, -0.25) is 28.8 Å². The van der Waals surface area contributed by atoms with Gasteiger partial charge in [-0.15, -0.1) is 0 Å². The number of carbonyl (C=O) groups is 6.